The van der Waals surface area contributed by atoms with Crippen LogP contribution in [0.3, 0.4) is 0 Å². The van der Waals surface area contributed by atoms with Gasteiger partial charge in [0.1, 0.15) is 0 Å². The zero-order valence-electron chi connectivity index (χ0n) is 11.2. The van der Waals surface area contributed by atoms with E-state index in [1.807, 2.05) is 0 Å². The fraction of sp³-hybridized carbons (Fsp3) is 0.857. The van der Waals surface area contributed by atoms with Crippen LogP contribution in [-0.2, 0) is 0 Å². The van der Waals surface area contributed by atoms with Crippen LogP contribution in [0.1, 0.15) is 46.5 Å². The van der Waals surface area contributed by atoms with E-state index in [1.54, 1.807) is 0 Å². The van der Waals surface area contributed by atoms with Crippen LogP contribution < -0.4 is 5.73 Å². The first-order valence-electron chi connectivity index (χ1n) is 6.71. The van der Waals surface area contributed by atoms with Crippen molar-refractivity contribution in [1.29, 1.82) is 0 Å². The zero-order valence-corrected chi connectivity index (χ0v) is 11.2. The second kappa shape index (κ2) is 7.08. The highest BCUT2D eigenvalue weighted by atomic mass is 15.1. The van der Waals surface area contributed by atoms with Gasteiger partial charge in [0.05, 0.1) is 0 Å². The molecule has 0 aliphatic carbocycles. The normalized spacial score (nSPS) is 21.6. The largest absolute Gasteiger partial charge is 0.328 e. The summed E-state index contributed by atoms with van der Waals surface area (Å²) in [6, 6.07) is 0.368. The Kier molecular flexibility index (Phi) is 6.07. The van der Waals surface area contributed by atoms with Gasteiger partial charge in [0.25, 0.3) is 0 Å². The van der Waals surface area contributed by atoms with Crippen LogP contribution in [0.5, 0.6) is 0 Å². The number of nitrogens with two attached hydrogens (primary N) is 1. The summed E-state index contributed by atoms with van der Waals surface area (Å²) < 4.78 is 0. The molecule has 0 aromatic rings. The Labute approximate surface area is 101 Å². The molecule has 2 heteroatoms. The van der Waals surface area contributed by atoms with E-state index in [1.165, 1.54) is 50.9 Å². The van der Waals surface area contributed by atoms with Crippen molar-refractivity contribution in [3.05, 3.63) is 11.6 Å². The molecular weight excluding hydrogens is 196 g/mol. The van der Waals surface area contributed by atoms with Crippen LogP contribution in [-0.4, -0.2) is 30.6 Å². The Morgan fingerprint density at radius 2 is 2.12 bits per heavy atom. The first-order chi connectivity index (χ1) is 7.58. The van der Waals surface area contributed by atoms with Crippen molar-refractivity contribution in [1.82, 2.24) is 4.90 Å². The highest BCUT2D eigenvalue weighted by molar-refractivity contribution is 5.04. The van der Waals surface area contributed by atoms with Gasteiger partial charge in [-0.05, 0) is 39.0 Å². The van der Waals surface area contributed by atoms with E-state index in [4.69, 9.17) is 5.73 Å². The van der Waals surface area contributed by atoms with Crippen molar-refractivity contribution >= 4 is 0 Å². The van der Waals surface area contributed by atoms with E-state index >= 15 is 0 Å². The average Bonchev–Trinajstić information content (AvgIpc) is 2.16. The highest BCUT2D eigenvalue weighted by Crippen LogP contribution is 2.14. The Balaban J connectivity index is 2.14. The number of nitrogens with zero attached hydrogens (tertiary/aromatic N) is 1. The fourth-order valence-corrected chi connectivity index (χ4v) is 2.47. The summed E-state index contributed by atoms with van der Waals surface area (Å²) >= 11 is 0. The minimum absolute atomic E-state index is 0.368. The lowest BCUT2D eigenvalue weighted by Crippen LogP contribution is -2.33. The predicted molar refractivity (Wildman–Crippen MR) is 71.5 cm³/mol. The van der Waals surface area contributed by atoms with Gasteiger partial charge in [-0.3, -0.25) is 4.90 Å². The summed E-state index contributed by atoms with van der Waals surface area (Å²) in [5, 5.41) is 0. The van der Waals surface area contributed by atoms with Crippen molar-refractivity contribution in [3.63, 3.8) is 0 Å². The quantitative estimate of drug-likeness (QED) is 0.703. The summed E-state index contributed by atoms with van der Waals surface area (Å²) in [5.41, 5.74) is 7.30. The molecule has 1 aliphatic heterocycles. The molecule has 2 N–H and O–H groups in total. The van der Waals surface area contributed by atoms with Crippen LogP contribution in [0.4, 0.5) is 0 Å². The minimum Gasteiger partial charge on any atom is -0.328 e. The Bertz CT molecular complexity index is 221. The summed E-state index contributed by atoms with van der Waals surface area (Å²) in [7, 11) is 0. The monoisotopic (exact) mass is 224 g/mol. The molecule has 0 aromatic heterocycles. The van der Waals surface area contributed by atoms with E-state index in [2.05, 4.69) is 31.7 Å². The third kappa shape index (κ3) is 5.66. The molecule has 94 valence electrons. The predicted octanol–water partition coefficient (Wildman–Crippen LogP) is 2.79. The molecule has 0 spiro atoms. The van der Waals surface area contributed by atoms with E-state index < -0.39 is 0 Å². The van der Waals surface area contributed by atoms with Gasteiger partial charge >= 0.3 is 0 Å². The standard InChI is InChI=1S/C14H28N2/c1-12(6-4-8-14(3)15)10-16-9-5-7-13(2)11-16/h7,12,14H,4-6,8-11,15H2,1-3H3. The molecule has 0 aromatic carbocycles. The second-order valence-electron chi connectivity index (χ2n) is 5.59. The van der Waals surface area contributed by atoms with E-state index in [9.17, 15) is 0 Å². The first-order valence-corrected chi connectivity index (χ1v) is 6.71. The first kappa shape index (κ1) is 13.7. The molecule has 2 unspecified atom stereocenters. The minimum atomic E-state index is 0.368. The smallest absolute Gasteiger partial charge is 0.0190 e. The molecule has 0 amide bonds. The van der Waals surface area contributed by atoms with Crippen LogP contribution in [0, 0.1) is 5.92 Å². The summed E-state index contributed by atoms with van der Waals surface area (Å²) in [5.74, 6) is 0.810. The molecule has 1 rings (SSSR count). The summed E-state index contributed by atoms with van der Waals surface area (Å²) in [6.07, 6.45) is 7.38. The van der Waals surface area contributed by atoms with Crippen molar-refractivity contribution in [2.24, 2.45) is 11.7 Å². The maximum Gasteiger partial charge on any atom is 0.0190 e. The molecule has 16 heavy (non-hydrogen) atoms. The Morgan fingerprint density at radius 1 is 1.38 bits per heavy atom. The number of rotatable bonds is 6. The van der Waals surface area contributed by atoms with E-state index in [0.717, 1.165) is 5.92 Å². The zero-order chi connectivity index (χ0) is 12.0. The van der Waals surface area contributed by atoms with Crippen LogP contribution in [0.2, 0.25) is 0 Å². The Morgan fingerprint density at radius 3 is 2.75 bits per heavy atom. The third-order valence-electron chi connectivity index (χ3n) is 3.34. The van der Waals surface area contributed by atoms with Crippen molar-refractivity contribution in [2.45, 2.75) is 52.5 Å². The second-order valence-corrected chi connectivity index (χ2v) is 5.59. The van der Waals surface area contributed by atoms with Crippen molar-refractivity contribution in [3.8, 4) is 0 Å². The van der Waals surface area contributed by atoms with E-state index in [-0.39, 0.29) is 0 Å². The topological polar surface area (TPSA) is 29.3 Å². The number of hydrogen-bond acceptors (Lipinski definition) is 2. The van der Waals surface area contributed by atoms with Gasteiger partial charge in [-0.25, -0.2) is 0 Å². The van der Waals surface area contributed by atoms with E-state index in [0.29, 0.717) is 6.04 Å². The van der Waals surface area contributed by atoms with Crippen LogP contribution >= 0.6 is 0 Å². The lowest BCUT2D eigenvalue weighted by atomic mass is 10.0. The molecule has 0 saturated carbocycles. The Hall–Kier alpha value is -0.340. The molecule has 1 heterocycles. The average molecular weight is 224 g/mol. The van der Waals surface area contributed by atoms with Gasteiger partial charge in [0, 0.05) is 25.7 Å². The van der Waals surface area contributed by atoms with Gasteiger partial charge in [-0.1, -0.05) is 25.0 Å². The van der Waals surface area contributed by atoms with Gasteiger partial charge in [0.15, 0.2) is 0 Å². The lowest BCUT2D eigenvalue weighted by Gasteiger charge is -2.28. The lowest BCUT2D eigenvalue weighted by molar-refractivity contribution is 0.242. The maximum atomic E-state index is 5.76. The summed E-state index contributed by atoms with van der Waals surface area (Å²) in [4.78, 5) is 2.59. The highest BCUT2D eigenvalue weighted by Gasteiger charge is 2.13. The van der Waals surface area contributed by atoms with Crippen LogP contribution in [0.15, 0.2) is 11.6 Å². The molecule has 0 radical (unpaired) electrons. The molecule has 1 aliphatic rings. The molecular formula is C14H28N2. The number of hydrogen-bond donors (Lipinski definition) is 1. The van der Waals surface area contributed by atoms with Gasteiger partial charge in [-0.2, -0.15) is 0 Å². The fourth-order valence-electron chi connectivity index (χ4n) is 2.47. The molecule has 2 atom stereocenters. The molecule has 0 fully saturated rings. The van der Waals surface area contributed by atoms with Gasteiger partial charge in [0.2, 0.25) is 0 Å². The van der Waals surface area contributed by atoms with Gasteiger partial charge < -0.3 is 5.73 Å². The SMILES string of the molecule is CC1=CCCN(CC(C)CCCC(C)N)C1. The molecule has 2 nitrogen and oxygen atoms in total. The van der Waals surface area contributed by atoms with Crippen molar-refractivity contribution in [2.75, 3.05) is 19.6 Å². The maximum absolute atomic E-state index is 5.76. The van der Waals surface area contributed by atoms with Crippen LogP contribution in [0.25, 0.3) is 0 Å². The summed E-state index contributed by atoms with van der Waals surface area (Å²) in [6.45, 7) is 10.4. The third-order valence-corrected chi connectivity index (χ3v) is 3.34. The van der Waals surface area contributed by atoms with Gasteiger partial charge in [-0.15, -0.1) is 0 Å². The molecule has 0 bridgehead atoms. The van der Waals surface area contributed by atoms with Crippen molar-refractivity contribution < 1.29 is 0 Å². The molecule has 0 saturated heterocycles.